The van der Waals surface area contributed by atoms with Crippen LogP contribution in [0.5, 0.6) is 0 Å². The maximum atomic E-state index is 9.96. The van der Waals surface area contributed by atoms with Crippen molar-refractivity contribution in [2.75, 3.05) is 0 Å². The number of benzene rings is 11. The van der Waals surface area contributed by atoms with Crippen LogP contribution in [0.15, 0.2) is 267 Å². The lowest BCUT2D eigenvalue weighted by Crippen LogP contribution is -2.04. The van der Waals surface area contributed by atoms with Gasteiger partial charge >= 0.3 is 0 Å². The number of nitrogens with zero attached hydrogens (tertiary/aromatic N) is 10. The van der Waals surface area contributed by atoms with E-state index in [9.17, 15) is 21.0 Å². The first-order valence-corrected chi connectivity index (χ1v) is 28.6. The molecule has 0 aliphatic rings. The van der Waals surface area contributed by atoms with Crippen LogP contribution in [-0.2, 0) is 0 Å². The smallest absolute Gasteiger partial charge is 0.164 e. The van der Waals surface area contributed by atoms with E-state index in [4.69, 9.17) is 19.9 Å². The molecule has 0 N–H and O–H groups in total. The Balaban J connectivity index is 1.01. The molecule has 0 bridgehead atoms. The van der Waals surface area contributed by atoms with Gasteiger partial charge in [-0.3, -0.25) is 4.98 Å². The first-order valence-electron chi connectivity index (χ1n) is 28.6. The van der Waals surface area contributed by atoms with Gasteiger partial charge in [0, 0.05) is 61.9 Å². The van der Waals surface area contributed by atoms with Crippen LogP contribution in [0, 0.1) is 45.3 Å². The molecule has 4 aromatic heterocycles. The van der Waals surface area contributed by atoms with Crippen molar-refractivity contribution >= 4 is 43.6 Å². The molecule has 0 radical (unpaired) electrons. The Kier molecular flexibility index (Phi) is 12.8. The average Bonchev–Trinajstić information content (AvgIpc) is 1.62. The van der Waals surface area contributed by atoms with Gasteiger partial charge in [-0.25, -0.2) is 15.0 Å². The second kappa shape index (κ2) is 21.7. The third-order valence-electron chi connectivity index (χ3n) is 16.4. The lowest BCUT2D eigenvalue weighted by molar-refractivity contribution is 1.07. The molecule has 88 heavy (non-hydrogen) atoms. The first kappa shape index (κ1) is 52.0. The zero-order valence-electron chi connectivity index (χ0n) is 46.9. The van der Waals surface area contributed by atoms with E-state index in [0.717, 1.165) is 127 Å². The summed E-state index contributed by atoms with van der Waals surface area (Å²) in [7, 11) is 0. The first-order chi connectivity index (χ1) is 43.4. The molecular weight excluding hydrogens is 1080 g/mol. The summed E-state index contributed by atoms with van der Waals surface area (Å²) in [6, 6.07) is 94.3. The number of hydrogen-bond donors (Lipinski definition) is 0. The molecule has 0 amide bonds. The molecule has 4 heterocycles. The Labute approximate surface area is 505 Å². The molecule has 11 aromatic carbocycles. The lowest BCUT2D eigenvalue weighted by Gasteiger charge is -2.19. The Hall–Kier alpha value is -12.9. The Morgan fingerprint density at radius 1 is 0.273 bits per heavy atom. The van der Waals surface area contributed by atoms with Crippen molar-refractivity contribution < 1.29 is 0 Å². The lowest BCUT2D eigenvalue weighted by atomic mass is 9.97. The van der Waals surface area contributed by atoms with E-state index < -0.39 is 0 Å². The number of rotatable bonds is 10. The largest absolute Gasteiger partial charge is 0.309 e. The molecule has 10 nitrogen and oxygen atoms in total. The molecule has 0 fully saturated rings. The molecule has 0 aliphatic heterocycles. The molecule has 0 aliphatic carbocycles. The third-order valence-corrected chi connectivity index (χ3v) is 16.4. The van der Waals surface area contributed by atoms with Gasteiger partial charge in [0.15, 0.2) is 17.5 Å². The number of nitriles is 4. The molecule has 10 heteroatoms. The number of pyridine rings is 1. The summed E-state index contributed by atoms with van der Waals surface area (Å²) in [4.78, 5) is 20.7. The zero-order chi connectivity index (χ0) is 59.2. The highest BCUT2D eigenvalue weighted by Gasteiger charge is 2.24. The zero-order valence-corrected chi connectivity index (χ0v) is 46.9. The van der Waals surface area contributed by atoms with Crippen LogP contribution in [0.4, 0.5) is 0 Å². The highest BCUT2D eigenvalue weighted by molar-refractivity contribution is 6.14. The molecule has 0 unspecified atom stereocenters. The van der Waals surface area contributed by atoms with Crippen molar-refractivity contribution in [2.24, 2.45) is 0 Å². The molecule has 0 saturated heterocycles. The number of fused-ring (bicyclic) bond motifs is 6. The second-order valence-electron chi connectivity index (χ2n) is 21.5. The topological polar surface area (TPSA) is 157 Å². The van der Waals surface area contributed by atoms with Crippen LogP contribution < -0.4 is 0 Å². The highest BCUT2D eigenvalue weighted by Crippen LogP contribution is 2.44. The molecule has 15 rings (SSSR count). The van der Waals surface area contributed by atoms with E-state index in [2.05, 4.69) is 130 Å². The van der Waals surface area contributed by atoms with Gasteiger partial charge in [-0.2, -0.15) is 21.0 Å². The van der Waals surface area contributed by atoms with Gasteiger partial charge in [-0.1, -0.05) is 133 Å². The van der Waals surface area contributed by atoms with Crippen molar-refractivity contribution in [1.29, 1.82) is 21.0 Å². The van der Waals surface area contributed by atoms with Crippen LogP contribution >= 0.6 is 0 Å². The van der Waals surface area contributed by atoms with Gasteiger partial charge in [-0.05, 0) is 171 Å². The average molecular weight is 1120 g/mol. The summed E-state index contributed by atoms with van der Waals surface area (Å²) in [5.41, 5.74) is 19.4. The van der Waals surface area contributed by atoms with Crippen LogP contribution in [0.1, 0.15) is 22.3 Å². The van der Waals surface area contributed by atoms with Crippen molar-refractivity contribution in [3.05, 3.63) is 289 Å². The van der Waals surface area contributed by atoms with E-state index in [1.54, 1.807) is 0 Å². The van der Waals surface area contributed by atoms with Crippen LogP contribution in [0.2, 0.25) is 0 Å². The minimum atomic E-state index is 0.468. The molecule has 0 saturated carbocycles. The van der Waals surface area contributed by atoms with Crippen molar-refractivity contribution in [3.63, 3.8) is 0 Å². The molecule has 15 aromatic rings. The maximum absolute atomic E-state index is 9.96. The minimum Gasteiger partial charge on any atom is -0.309 e. The Morgan fingerprint density at radius 3 is 1.03 bits per heavy atom. The van der Waals surface area contributed by atoms with E-state index in [0.29, 0.717) is 39.7 Å². The fourth-order valence-corrected chi connectivity index (χ4v) is 12.2. The van der Waals surface area contributed by atoms with Gasteiger partial charge in [0.2, 0.25) is 0 Å². The van der Waals surface area contributed by atoms with Crippen LogP contribution in [-0.4, -0.2) is 29.1 Å². The minimum absolute atomic E-state index is 0.468. The predicted octanol–water partition coefficient (Wildman–Crippen LogP) is 18.3. The fourth-order valence-electron chi connectivity index (χ4n) is 12.2. The van der Waals surface area contributed by atoms with Crippen LogP contribution in [0.3, 0.4) is 0 Å². The number of hydrogen-bond acceptors (Lipinski definition) is 8. The summed E-state index contributed by atoms with van der Waals surface area (Å²) in [5.74, 6) is 1.51. The predicted molar refractivity (Wildman–Crippen MR) is 349 cm³/mol. The van der Waals surface area contributed by atoms with Gasteiger partial charge in [-0.15, -0.1) is 0 Å². The fraction of sp³-hybridized carbons (Fsp3) is 0. The standard InChI is InChI=1S/C78H44N10/c79-44-49-11-7-19-55(35-49)59-23-29-71-66(39-59)67-40-60(56-20-8-12-50(36-56)45-80)24-30-72(67)87(71)63-27-28-64(78-85-76(53-15-3-1-4-16-53)84-77(86-78)54-17-5-2-6-18-54)65(43-63)70-48-83-34-33-75(70)88-73-31-25-61(57-21-9-13-51(37-57)46-81)41-68(73)69-42-62(26-32-74(69)88)58-22-10-14-52(38-58)47-82/h1-43,48H. The SMILES string of the molecule is N#Cc1cccc(-c2ccc3c(c2)c2cc(-c4cccc(C#N)c4)ccc2n3-c2ccc(-c3nc(-c4ccccc4)nc(-c4ccccc4)n3)c(-c3cnccc3-n3c4ccc(-c5cccc(C#N)c5)cc4c4cc(-c5cccc(C#N)c5)ccc43)c2)c1. The molecule has 0 atom stereocenters. The highest BCUT2D eigenvalue weighted by atomic mass is 15.0. The van der Waals surface area contributed by atoms with Gasteiger partial charge < -0.3 is 9.13 Å². The summed E-state index contributed by atoms with van der Waals surface area (Å²) < 4.78 is 4.59. The second-order valence-corrected chi connectivity index (χ2v) is 21.5. The number of aromatic nitrogens is 6. The maximum Gasteiger partial charge on any atom is 0.164 e. The van der Waals surface area contributed by atoms with Gasteiger partial charge in [0.05, 0.1) is 74.3 Å². The van der Waals surface area contributed by atoms with E-state index in [1.165, 1.54) is 0 Å². The monoisotopic (exact) mass is 1120 g/mol. The van der Waals surface area contributed by atoms with Crippen molar-refractivity contribution in [2.45, 2.75) is 0 Å². The van der Waals surface area contributed by atoms with Crippen molar-refractivity contribution in [1.82, 2.24) is 29.1 Å². The Morgan fingerprint density at radius 2 is 0.636 bits per heavy atom. The van der Waals surface area contributed by atoms with E-state index in [-0.39, 0.29) is 0 Å². The molecule has 0 spiro atoms. The molecular formula is C78H44N10. The summed E-state index contributed by atoms with van der Waals surface area (Å²) in [6.45, 7) is 0. The quantitative estimate of drug-likeness (QED) is 0.131. The summed E-state index contributed by atoms with van der Waals surface area (Å²) >= 11 is 0. The van der Waals surface area contributed by atoms with Gasteiger partial charge in [0.1, 0.15) is 0 Å². The summed E-state index contributed by atoms with van der Waals surface area (Å²) in [6.07, 6.45) is 3.75. The Bertz CT molecular complexity index is 5230. The summed E-state index contributed by atoms with van der Waals surface area (Å²) in [5, 5.41) is 43.8. The van der Waals surface area contributed by atoms with Crippen molar-refractivity contribution in [3.8, 4) is 125 Å². The van der Waals surface area contributed by atoms with Crippen LogP contribution in [0.25, 0.3) is 145 Å². The third kappa shape index (κ3) is 9.22. The normalized spacial score (nSPS) is 11.1. The molecule has 406 valence electrons. The van der Waals surface area contributed by atoms with Gasteiger partial charge in [0.25, 0.3) is 0 Å². The van der Waals surface area contributed by atoms with E-state index in [1.807, 2.05) is 170 Å². The van der Waals surface area contributed by atoms with E-state index >= 15 is 0 Å².